The monoisotopic (exact) mass is 275 g/mol. The molecule has 2 nitrogen and oxygen atoms in total. The highest BCUT2D eigenvalue weighted by molar-refractivity contribution is 5.99. The van der Waals surface area contributed by atoms with E-state index in [9.17, 15) is 13.6 Å². The topological polar surface area (TPSA) is 20.3 Å². The van der Waals surface area contributed by atoms with Gasteiger partial charge in [-0.05, 0) is 36.8 Å². The van der Waals surface area contributed by atoms with Crippen LogP contribution in [0.5, 0.6) is 0 Å². The number of rotatable bonds is 4. The maximum atomic E-state index is 13.5. The number of nitrogens with zero attached hydrogens (tertiary/aromatic N) is 1. The molecule has 0 radical (unpaired) electrons. The molecule has 0 saturated heterocycles. The van der Waals surface area contributed by atoms with Gasteiger partial charge < -0.3 is 4.90 Å². The van der Waals surface area contributed by atoms with E-state index in [4.69, 9.17) is 0 Å². The van der Waals surface area contributed by atoms with E-state index >= 15 is 0 Å². The standard InChI is InChI=1S/C16H15F2NO/c1-11-4-3-5-13(8-11)19(2)10-16(20)14-7-6-12(17)9-15(14)18/h3-9H,10H2,1-2H3. The number of Topliss-reactive ketones (excluding diaryl/α,β-unsaturated/α-hetero) is 1. The summed E-state index contributed by atoms with van der Waals surface area (Å²) in [6.07, 6.45) is 0. The van der Waals surface area contributed by atoms with E-state index in [2.05, 4.69) is 0 Å². The van der Waals surface area contributed by atoms with Crippen molar-refractivity contribution in [2.24, 2.45) is 0 Å². The van der Waals surface area contributed by atoms with E-state index in [-0.39, 0.29) is 17.9 Å². The second kappa shape index (κ2) is 5.82. The van der Waals surface area contributed by atoms with Crippen LogP contribution in [0.3, 0.4) is 0 Å². The predicted molar refractivity (Wildman–Crippen MR) is 75.1 cm³/mol. The van der Waals surface area contributed by atoms with Gasteiger partial charge in [-0.3, -0.25) is 4.79 Å². The minimum Gasteiger partial charge on any atom is -0.367 e. The average molecular weight is 275 g/mol. The Hall–Kier alpha value is -2.23. The molecular weight excluding hydrogens is 260 g/mol. The molecule has 0 saturated carbocycles. The van der Waals surface area contributed by atoms with Crippen molar-refractivity contribution in [2.75, 3.05) is 18.5 Å². The molecule has 0 aliphatic heterocycles. The molecule has 104 valence electrons. The van der Waals surface area contributed by atoms with Crippen molar-refractivity contribution < 1.29 is 13.6 Å². The Morgan fingerprint density at radius 3 is 2.55 bits per heavy atom. The number of carbonyl (C=O) groups excluding carboxylic acids is 1. The molecule has 2 rings (SSSR count). The third kappa shape index (κ3) is 3.20. The second-order valence-corrected chi connectivity index (χ2v) is 4.74. The fraction of sp³-hybridized carbons (Fsp3) is 0.188. The zero-order valence-corrected chi connectivity index (χ0v) is 11.4. The second-order valence-electron chi connectivity index (χ2n) is 4.74. The summed E-state index contributed by atoms with van der Waals surface area (Å²) in [6.45, 7) is 1.99. The molecule has 0 amide bonds. The molecule has 0 spiro atoms. The van der Waals surface area contributed by atoms with Crippen molar-refractivity contribution in [1.29, 1.82) is 0 Å². The summed E-state index contributed by atoms with van der Waals surface area (Å²) in [5.41, 5.74) is 1.86. The van der Waals surface area contributed by atoms with Gasteiger partial charge in [-0.15, -0.1) is 0 Å². The number of benzene rings is 2. The van der Waals surface area contributed by atoms with E-state index < -0.39 is 11.6 Å². The maximum absolute atomic E-state index is 13.5. The van der Waals surface area contributed by atoms with Crippen LogP contribution >= 0.6 is 0 Å². The molecule has 2 aromatic rings. The first-order valence-electron chi connectivity index (χ1n) is 6.23. The summed E-state index contributed by atoms with van der Waals surface area (Å²) in [5, 5.41) is 0. The zero-order valence-electron chi connectivity index (χ0n) is 11.4. The van der Waals surface area contributed by atoms with Crippen molar-refractivity contribution in [3.8, 4) is 0 Å². The van der Waals surface area contributed by atoms with Gasteiger partial charge in [-0.2, -0.15) is 0 Å². The molecule has 0 heterocycles. The first-order valence-corrected chi connectivity index (χ1v) is 6.23. The first-order chi connectivity index (χ1) is 9.47. The van der Waals surface area contributed by atoms with Gasteiger partial charge in [-0.1, -0.05) is 12.1 Å². The van der Waals surface area contributed by atoms with Gasteiger partial charge in [0.25, 0.3) is 0 Å². The minimum atomic E-state index is -0.826. The normalized spacial score (nSPS) is 10.4. The third-order valence-corrected chi connectivity index (χ3v) is 3.05. The fourth-order valence-electron chi connectivity index (χ4n) is 1.97. The minimum absolute atomic E-state index is 0.0337. The predicted octanol–water partition coefficient (Wildman–Crippen LogP) is 3.59. The molecule has 0 aliphatic carbocycles. The summed E-state index contributed by atoms with van der Waals surface area (Å²) in [6, 6.07) is 10.7. The Kier molecular flexibility index (Phi) is 4.13. The highest BCUT2D eigenvalue weighted by atomic mass is 19.1. The number of ketones is 1. The van der Waals surface area contributed by atoms with Crippen LogP contribution in [0, 0.1) is 18.6 Å². The first kappa shape index (κ1) is 14.2. The number of hydrogen-bond acceptors (Lipinski definition) is 2. The summed E-state index contributed by atoms with van der Waals surface area (Å²) in [4.78, 5) is 13.8. The van der Waals surface area contributed by atoms with Crippen molar-refractivity contribution >= 4 is 11.5 Å². The molecule has 0 aromatic heterocycles. The van der Waals surface area contributed by atoms with Crippen LogP contribution in [0.25, 0.3) is 0 Å². The van der Waals surface area contributed by atoms with Gasteiger partial charge in [0.2, 0.25) is 0 Å². The summed E-state index contributed by atoms with van der Waals surface area (Å²) in [5.74, 6) is -1.90. The third-order valence-electron chi connectivity index (χ3n) is 3.05. The van der Waals surface area contributed by atoms with Crippen molar-refractivity contribution in [3.63, 3.8) is 0 Å². The summed E-state index contributed by atoms with van der Waals surface area (Å²) >= 11 is 0. The molecule has 4 heteroatoms. The molecule has 20 heavy (non-hydrogen) atoms. The number of likely N-dealkylation sites (N-methyl/N-ethyl adjacent to an activating group) is 1. The highest BCUT2D eigenvalue weighted by Gasteiger charge is 2.14. The quantitative estimate of drug-likeness (QED) is 0.795. The van der Waals surface area contributed by atoms with Crippen LogP contribution in [0.2, 0.25) is 0 Å². The number of hydrogen-bond donors (Lipinski definition) is 0. The van der Waals surface area contributed by atoms with Crippen LogP contribution in [0.15, 0.2) is 42.5 Å². The molecule has 2 aromatic carbocycles. The van der Waals surface area contributed by atoms with Gasteiger partial charge in [-0.25, -0.2) is 8.78 Å². The number of carbonyl (C=O) groups is 1. The Bertz CT molecular complexity index is 640. The number of aryl methyl sites for hydroxylation is 1. The smallest absolute Gasteiger partial charge is 0.185 e. The van der Waals surface area contributed by atoms with Gasteiger partial charge in [0.05, 0.1) is 12.1 Å². The molecule has 0 bridgehead atoms. The molecule has 0 aliphatic rings. The van der Waals surface area contributed by atoms with Crippen molar-refractivity contribution in [2.45, 2.75) is 6.92 Å². The van der Waals surface area contributed by atoms with Crippen LogP contribution < -0.4 is 4.90 Å². The molecular formula is C16H15F2NO. The SMILES string of the molecule is Cc1cccc(N(C)CC(=O)c2ccc(F)cc2F)c1. The zero-order chi connectivity index (χ0) is 14.7. The lowest BCUT2D eigenvalue weighted by Crippen LogP contribution is -2.26. The maximum Gasteiger partial charge on any atom is 0.185 e. The van der Waals surface area contributed by atoms with Crippen LogP contribution in [0.1, 0.15) is 15.9 Å². The lowest BCUT2D eigenvalue weighted by Gasteiger charge is -2.19. The van der Waals surface area contributed by atoms with Gasteiger partial charge in [0, 0.05) is 18.8 Å². The van der Waals surface area contributed by atoms with E-state index in [1.807, 2.05) is 31.2 Å². The molecule has 0 atom stereocenters. The van der Waals surface area contributed by atoms with Crippen LogP contribution in [-0.4, -0.2) is 19.4 Å². The Labute approximate surface area is 116 Å². The largest absolute Gasteiger partial charge is 0.367 e. The fourth-order valence-corrected chi connectivity index (χ4v) is 1.97. The lowest BCUT2D eigenvalue weighted by atomic mass is 10.1. The summed E-state index contributed by atoms with van der Waals surface area (Å²) < 4.78 is 26.4. The average Bonchev–Trinajstić information content (AvgIpc) is 2.38. The number of anilines is 1. The Morgan fingerprint density at radius 2 is 1.90 bits per heavy atom. The number of halogens is 2. The van der Waals surface area contributed by atoms with E-state index in [1.165, 1.54) is 6.07 Å². The highest BCUT2D eigenvalue weighted by Crippen LogP contribution is 2.16. The lowest BCUT2D eigenvalue weighted by molar-refractivity contribution is 0.0996. The van der Waals surface area contributed by atoms with Crippen LogP contribution in [-0.2, 0) is 0 Å². The van der Waals surface area contributed by atoms with Gasteiger partial charge >= 0.3 is 0 Å². The van der Waals surface area contributed by atoms with E-state index in [1.54, 1.807) is 11.9 Å². The van der Waals surface area contributed by atoms with E-state index in [0.29, 0.717) is 0 Å². The summed E-state index contributed by atoms with van der Waals surface area (Å²) in [7, 11) is 1.76. The van der Waals surface area contributed by atoms with Gasteiger partial charge in [0.1, 0.15) is 11.6 Å². The van der Waals surface area contributed by atoms with E-state index in [0.717, 1.165) is 23.4 Å². The Balaban J connectivity index is 2.15. The molecule has 0 unspecified atom stereocenters. The Morgan fingerprint density at radius 1 is 1.15 bits per heavy atom. The van der Waals surface area contributed by atoms with Crippen LogP contribution in [0.4, 0.5) is 14.5 Å². The molecule has 0 fully saturated rings. The van der Waals surface area contributed by atoms with Gasteiger partial charge in [0.15, 0.2) is 5.78 Å². The van der Waals surface area contributed by atoms with Crippen molar-refractivity contribution in [3.05, 3.63) is 65.2 Å². The molecule has 0 N–H and O–H groups in total. The van der Waals surface area contributed by atoms with Crippen molar-refractivity contribution in [1.82, 2.24) is 0 Å².